The summed E-state index contributed by atoms with van der Waals surface area (Å²) in [6.45, 7) is 7.00. The molecule has 0 spiro atoms. The normalized spacial score (nSPS) is 12.2. The van der Waals surface area contributed by atoms with Gasteiger partial charge in [0.15, 0.2) is 0 Å². The van der Waals surface area contributed by atoms with Crippen molar-refractivity contribution in [1.29, 1.82) is 0 Å². The predicted octanol–water partition coefficient (Wildman–Crippen LogP) is 1.78. The second kappa shape index (κ2) is 6.26. The van der Waals surface area contributed by atoms with Gasteiger partial charge >= 0.3 is 7.60 Å². The van der Waals surface area contributed by atoms with Crippen LogP contribution in [0.5, 0.6) is 0 Å². The Morgan fingerprint density at radius 1 is 1.20 bits per heavy atom. The lowest BCUT2D eigenvalue weighted by Gasteiger charge is -2.21. The number of hydrogen-bond acceptors (Lipinski definition) is 4. The maximum atomic E-state index is 12.1. The van der Waals surface area contributed by atoms with Crippen LogP contribution in [0.15, 0.2) is 0 Å². The Hall–Kier alpha value is -0.380. The Bertz CT molecular complexity index is 238. The van der Waals surface area contributed by atoms with Gasteiger partial charge in [-0.05, 0) is 27.7 Å². The Balaban J connectivity index is 4.55. The summed E-state index contributed by atoms with van der Waals surface area (Å²) in [4.78, 5) is 11.1. The molecular formula is C9H20NO4P. The van der Waals surface area contributed by atoms with Crippen LogP contribution < -0.4 is 5.32 Å². The van der Waals surface area contributed by atoms with Crippen molar-refractivity contribution in [1.82, 2.24) is 5.32 Å². The van der Waals surface area contributed by atoms with E-state index in [1.165, 1.54) is 7.05 Å². The van der Waals surface area contributed by atoms with E-state index in [2.05, 4.69) is 5.32 Å². The summed E-state index contributed by atoms with van der Waals surface area (Å²) in [6, 6.07) is 0. The van der Waals surface area contributed by atoms with Crippen LogP contribution in [0.2, 0.25) is 0 Å². The lowest BCUT2D eigenvalue weighted by Crippen LogP contribution is -2.24. The second-order valence-corrected chi connectivity index (χ2v) is 5.71. The van der Waals surface area contributed by atoms with Gasteiger partial charge in [-0.1, -0.05) is 0 Å². The standard InChI is InChI=1S/C9H20NO4P/c1-7(2)13-15(12,14-8(3)4)6-9(11)10-5/h7-8H,6H2,1-5H3,(H,10,11). The summed E-state index contributed by atoms with van der Waals surface area (Å²) in [6.07, 6.45) is -0.710. The smallest absolute Gasteiger partial charge is 0.340 e. The van der Waals surface area contributed by atoms with Gasteiger partial charge in [-0.15, -0.1) is 0 Å². The molecule has 1 N–H and O–H groups in total. The highest BCUT2D eigenvalue weighted by atomic mass is 31.2. The highest BCUT2D eigenvalue weighted by Gasteiger charge is 2.30. The molecule has 0 aliphatic rings. The summed E-state index contributed by atoms with van der Waals surface area (Å²) in [7, 11) is -1.83. The molecule has 5 nitrogen and oxygen atoms in total. The molecule has 0 bridgehead atoms. The predicted molar refractivity (Wildman–Crippen MR) is 59.0 cm³/mol. The molecule has 0 heterocycles. The van der Waals surface area contributed by atoms with Gasteiger partial charge in [0, 0.05) is 7.05 Å². The van der Waals surface area contributed by atoms with Gasteiger partial charge in [-0.3, -0.25) is 9.36 Å². The van der Waals surface area contributed by atoms with E-state index in [9.17, 15) is 9.36 Å². The number of nitrogens with one attached hydrogen (secondary N) is 1. The van der Waals surface area contributed by atoms with Gasteiger partial charge in [-0.2, -0.15) is 0 Å². The van der Waals surface area contributed by atoms with Crippen LogP contribution in [0.4, 0.5) is 0 Å². The molecule has 0 unspecified atom stereocenters. The number of rotatable bonds is 6. The van der Waals surface area contributed by atoms with E-state index in [0.29, 0.717) is 0 Å². The Morgan fingerprint density at radius 3 is 1.87 bits per heavy atom. The third kappa shape index (κ3) is 6.66. The maximum absolute atomic E-state index is 12.1. The summed E-state index contributed by atoms with van der Waals surface area (Å²) in [5.41, 5.74) is 0. The van der Waals surface area contributed by atoms with Crippen LogP contribution in [0.1, 0.15) is 27.7 Å². The zero-order chi connectivity index (χ0) is 12.1. The zero-order valence-electron chi connectivity index (χ0n) is 9.94. The van der Waals surface area contributed by atoms with E-state index in [4.69, 9.17) is 9.05 Å². The molecule has 1 amide bonds. The quantitative estimate of drug-likeness (QED) is 0.715. The summed E-state index contributed by atoms with van der Waals surface area (Å²) in [5, 5.41) is 2.40. The molecule has 15 heavy (non-hydrogen) atoms. The first kappa shape index (κ1) is 14.6. The molecule has 0 aliphatic carbocycles. The SMILES string of the molecule is CNC(=O)CP(=O)(OC(C)C)OC(C)C. The first-order valence-corrected chi connectivity index (χ1v) is 6.68. The fourth-order valence-electron chi connectivity index (χ4n) is 0.997. The van der Waals surface area contributed by atoms with Gasteiger partial charge in [0.25, 0.3) is 0 Å². The third-order valence-electron chi connectivity index (χ3n) is 1.36. The molecule has 90 valence electrons. The molecular weight excluding hydrogens is 217 g/mol. The second-order valence-electron chi connectivity index (χ2n) is 3.75. The number of carbonyl (C=O) groups is 1. The van der Waals surface area contributed by atoms with Crippen molar-refractivity contribution in [2.24, 2.45) is 0 Å². The molecule has 0 radical (unpaired) electrons. The molecule has 0 aromatic carbocycles. The van der Waals surface area contributed by atoms with Gasteiger partial charge in [-0.25, -0.2) is 0 Å². The van der Waals surface area contributed by atoms with E-state index in [-0.39, 0.29) is 24.3 Å². The van der Waals surface area contributed by atoms with Crippen molar-refractivity contribution < 1.29 is 18.4 Å². The fourth-order valence-corrected chi connectivity index (χ4v) is 2.99. The molecule has 0 rings (SSSR count). The monoisotopic (exact) mass is 237 g/mol. The Morgan fingerprint density at radius 2 is 1.60 bits per heavy atom. The van der Waals surface area contributed by atoms with Gasteiger partial charge in [0.1, 0.15) is 6.16 Å². The minimum atomic E-state index is -3.32. The van der Waals surface area contributed by atoms with E-state index in [1.54, 1.807) is 27.7 Å². The summed E-state index contributed by atoms with van der Waals surface area (Å²) < 4.78 is 22.5. The van der Waals surface area contributed by atoms with Gasteiger partial charge in [0.05, 0.1) is 12.2 Å². The fraction of sp³-hybridized carbons (Fsp3) is 0.889. The molecule has 0 aliphatic heterocycles. The minimum Gasteiger partial charge on any atom is -0.359 e. The van der Waals surface area contributed by atoms with Crippen molar-refractivity contribution in [3.05, 3.63) is 0 Å². The zero-order valence-corrected chi connectivity index (χ0v) is 10.8. The maximum Gasteiger partial charge on any atom is 0.340 e. The Labute approximate surface area is 91.1 Å². The van der Waals surface area contributed by atoms with E-state index < -0.39 is 7.60 Å². The van der Waals surface area contributed by atoms with Crippen molar-refractivity contribution in [2.45, 2.75) is 39.9 Å². The van der Waals surface area contributed by atoms with Crippen molar-refractivity contribution >= 4 is 13.5 Å². The molecule has 0 fully saturated rings. The van der Waals surface area contributed by atoms with Crippen LogP contribution in [-0.4, -0.2) is 31.3 Å². The summed E-state index contributed by atoms with van der Waals surface area (Å²) >= 11 is 0. The largest absolute Gasteiger partial charge is 0.359 e. The highest BCUT2D eigenvalue weighted by molar-refractivity contribution is 7.54. The molecule has 0 atom stereocenters. The van der Waals surface area contributed by atoms with Gasteiger partial charge in [0.2, 0.25) is 5.91 Å². The first-order valence-electron chi connectivity index (χ1n) is 4.95. The van der Waals surface area contributed by atoms with Gasteiger partial charge < -0.3 is 14.4 Å². The van der Waals surface area contributed by atoms with Crippen LogP contribution >= 0.6 is 7.60 Å². The average molecular weight is 237 g/mol. The van der Waals surface area contributed by atoms with Crippen LogP contribution in [-0.2, 0) is 18.4 Å². The summed E-state index contributed by atoms with van der Waals surface area (Å²) in [5.74, 6) is -0.348. The third-order valence-corrected chi connectivity index (χ3v) is 3.52. The lowest BCUT2D eigenvalue weighted by atomic mass is 10.5. The molecule has 0 saturated heterocycles. The van der Waals surface area contributed by atoms with E-state index >= 15 is 0 Å². The van der Waals surface area contributed by atoms with E-state index in [0.717, 1.165) is 0 Å². The molecule has 0 saturated carbocycles. The van der Waals surface area contributed by atoms with Crippen molar-refractivity contribution in [2.75, 3.05) is 13.2 Å². The highest BCUT2D eigenvalue weighted by Crippen LogP contribution is 2.50. The Kier molecular flexibility index (Phi) is 6.10. The lowest BCUT2D eigenvalue weighted by molar-refractivity contribution is -0.118. The minimum absolute atomic E-state index is 0.236. The average Bonchev–Trinajstić information content (AvgIpc) is 1.99. The van der Waals surface area contributed by atoms with Crippen LogP contribution in [0, 0.1) is 0 Å². The first-order chi connectivity index (χ1) is 6.79. The molecule has 6 heteroatoms. The number of carbonyl (C=O) groups excluding carboxylic acids is 1. The van der Waals surface area contributed by atoms with Crippen LogP contribution in [0.3, 0.4) is 0 Å². The van der Waals surface area contributed by atoms with Crippen molar-refractivity contribution in [3.8, 4) is 0 Å². The van der Waals surface area contributed by atoms with E-state index in [1.807, 2.05) is 0 Å². The topological polar surface area (TPSA) is 64.6 Å². The number of amides is 1. The molecule has 0 aromatic heterocycles. The van der Waals surface area contributed by atoms with Crippen molar-refractivity contribution in [3.63, 3.8) is 0 Å². The van der Waals surface area contributed by atoms with Crippen LogP contribution in [0.25, 0.3) is 0 Å². The number of hydrogen-bond donors (Lipinski definition) is 1. The molecule has 0 aromatic rings.